The Morgan fingerprint density at radius 3 is 2.55 bits per heavy atom. The van der Waals surface area contributed by atoms with Crippen LogP contribution >= 0.6 is 0 Å². The molecule has 104 valence electrons. The van der Waals surface area contributed by atoms with Crippen LogP contribution in [0.25, 0.3) is 0 Å². The summed E-state index contributed by atoms with van der Waals surface area (Å²) in [6, 6.07) is 10.7. The molecule has 0 fully saturated rings. The fourth-order valence-corrected chi connectivity index (χ4v) is 1.61. The molecule has 1 aromatic carbocycles. The molecule has 2 aromatic rings. The van der Waals surface area contributed by atoms with Crippen molar-refractivity contribution in [3.63, 3.8) is 0 Å². The summed E-state index contributed by atoms with van der Waals surface area (Å²) in [6.45, 7) is 2.20. The summed E-state index contributed by atoms with van der Waals surface area (Å²) in [5.41, 5.74) is 2.39. The molecule has 0 unspecified atom stereocenters. The van der Waals surface area contributed by atoms with Crippen molar-refractivity contribution in [1.82, 2.24) is 4.98 Å². The molecule has 0 bridgehead atoms. The third kappa shape index (κ3) is 3.71. The van der Waals surface area contributed by atoms with Gasteiger partial charge < -0.3 is 14.6 Å². The van der Waals surface area contributed by atoms with Crippen molar-refractivity contribution in [2.45, 2.75) is 13.5 Å². The molecule has 5 heteroatoms. The zero-order chi connectivity index (χ0) is 14.4. The molecule has 0 aliphatic heterocycles. The van der Waals surface area contributed by atoms with E-state index in [1.165, 1.54) is 6.07 Å². The van der Waals surface area contributed by atoms with Crippen molar-refractivity contribution in [1.29, 1.82) is 0 Å². The molecular formula is C15H16N2O3. The summed E-state index contributed by atoms with van der Waals surface area (Å²) in [7, 11) is 1.63. The first-order valence-corrected chi connectivity index (χ1v) is 6.17. The number of oxime groups is 1. The van der Waals surface area contributed by atoms with Gasteiger partial charge in [0.25, 0.3) is 0 Å². The fourth-order valence-electron chi connectivity index (χ4n) is 1.61. The summed E-state index contributed by atoms with van der Waals surface area (Å²) in [5.74, 6) is 0.807. The molecule has 1 aromatic heterocycles. The van der Waals surface area contributed by atoms with E-state index in [4.69, 9.17) is 9.57 Å². The van der Waals surface area contributed by atoms with Crippen LogP contribution in [0.1, 0.15) is 18.1 Å². The first-order valence-electron chi connectivity index (χ1n) is 6.17. The second kappa shape index (κ2) is 6.56. The van der Waals surface area contributed by atoms with Gasteiger partial charge in [-0.15, -0.1) is 0 Å². The molecule has 0 saturated heterocycles. The molecule has 20 heavy (non-hydrogen) atoms. The lowest BCUT2D eigenvalue weighted by Gasteiger charge is -2.04. The van der Waals surface area contributed by atoms with E-state index in [1.54, 1.807) is 19.4 Å². The highest BCUT2D eigenvalue weighted by atomic mass is 16.6. The van der Waals surface area contributed by atoms with Crippen LogP contribution < -0.4 is 10.3 Å². The molecule has 0 aliphatic rings. The minimum atomic E-state index is -0.138. The van der Waals surface area contributed by atoms with E-state index in [9.17, 15) is 4.79 Å². The highest BCUT2D eigenvalue weighted by molar-refractivity contribution is 5.97. The van der Waals surface area contributed by atoms with Crippen molar-refractivity contribution < 1.29 is 9.57 Å². The Morgan fingerprint density at radius 1 is 1.20 bits per heavy atom. The summed E-state index contributed by atoms with van der Waals surface area (Å²) in [6.07, 6.45) is 1.61. The van der Waals surface area contributed by atoms with Crippen molar-refractivity contribution >= 4 is 5.71 Å². The number of nitrogens with one attached hydrogen (secondary N) is 1. The molecule has 1 N–H and O–H groups in total. The quantitative estimate of drug-likeness (QED) is 0.671. The lowest BCUT2D eigenvalue weighted by Crippen LogP contribution is -2.06. The molecule has 0 amide bonds. The van der Waals surface area contributed by atoms with Crippen molar-refractivity contribution in [3.8, 4) is 5.75 Å². The maximum Gasteiger partial charge on any atom is 0.247 e. The van der Waals surface area contributed by atoms with E-state index in [0.717, 1.165) is 16.9 Å². The van der Waals surface area contributed by atoms with Gasteiger partial charge in [0.2, 0.25) is 5.56 Å². The van der Waals surface area contributed by atoms with Crippen LogP contribution in [0.4, 0.5) is 0 Å². The lowest BCUT2D eigenvalue weighted by molar-refractivity contribution is 0.130. The van der Waals surface area contributed by atoms with Gasteiger partial charge in [0.05, 0.1) is 12.8 Å². The Kier molecular flexibility index (Phi) is 4.55. The number of hydrogen-bond donors (Lipinski definition) is 1. The molecule has 0 saturated carbocycles. The van der Waals surface area contributed by atoms with E-state index in [-0.39, 0.29) is 5.56 Å². The van der Waals surface area contributed by atoms with Gasteiger partial charge in [-0.25, -0.2) is 0 Å². The molecule has 1 heterocycles. The van der Waals surface area contributed by atoms with Crippen molar-refractivity contribution in [2.75, 3.05) is 7.11 Å². The van der Waals surface area contributed by atoms with Gasteiger partial charge in [-0.2, -0.15) is 0 Å². The Bertz CT molecular complexity index is 624. The van der Waals surface area contributed by atoms with Crippen molar-refractivity contribution in [2.24, 2.45) is 5.16 Å². The van der Waals surface area contributed by atoms with E-state index in [1.807, 2.05) is 31.2 Å². The average Bonchev–Trinajstić information content (AvgIpc) is 2.48. The van der Waals surface area contributed by atoms with Crippen molar-refractivity contribution in [3.05, 3.63) is 64.1 Å². The van der Waals surface area contributed by atoms with E-state index >= 15 is 0 Å². The molecule has 0 aliphatic carbocycles. The van der Waals surface area contributed by atoms with Crippen LogP contribution in [-0.2, 0) is 11.4 Å². The minimum Gasteiger partial charge on any atom is -0.497 e. The number of nitrogens with zero attached hydrogens (tertiary/aromatic N) is 1. The standard InChI is InChI=1S/C15H16N2O3/c1-11(13-5-8-15(18)16-9-13)17-20-10-12-3-6-14(19-2)7-4-12/h3-9H,10H2,1-2H3,(H,16,18). The van der Waals surface area contributed by atoms with Gasteiger partial charge in [0, 0.05) is 17.8 Å². The van der Waals surface area contributed by atoms with Crippen LogP contribution in [0, 0.1) is 0 Å². The third-order valence-electron chi connectivity index (χ3n) is 2.79. The summed E-state index contributed by atoms with van der Waals surface area (Å²) >= 11 is 0. The fraction of sp³-hybridized carbons (Fsp3) is 0.200. The van der Waals surface area contributed by atoms with E-state index in [0.29, 0.717) is 12.3 Å². The Hall–Kier alpha value is -2.56. The van der Waals surface area contributed by atoms with Crippen LogP contribution in [0.3, 0.4) is 0 Å². The smallest absolute Gasteiger partial charge is 0.247 e. The number of methoxy groups -OCH3 is 1. The second-order valence-corrected chi connectivity index (χ2v) is 4.24. The van der Waals surface area contributed by atoms with Crippen LogP contribution in [0.5, 0.6) is 5.75 Å². The Morgan fingerprint density at radius 2 is 1.95 bits per heavy atom. The first-order chi connectivity index (χ1) is 9.69. The van der Waals surface area contributed by atoms with Gasteiger partial charge in [0.1, 0.15) is 12.4 Å². The lowest BCUT2D eigenvalue weighted by atomic mass is 10.2. The summed E-state index contributed by atoms with van der Waals surface area (Å²) in [5, 5.41) is 4.03. The molecule has 5 nitrogen and oxygen atoms in total. The molecule has 0 atom stereocenters. The third-order valence-corrected chi connectivity index (χ3v) is 2.79. The van der Waals surface area contributed by atoms with Crippen LogP contribution in [-0.4, -0.2) is 17.8 Å². The Labute approximate surface area is 116 Å². The zero-order valence-electron chi connectivity index (χ0n) is 11.4. The van der Waals surface area contributed by atoms with Gasteiger partial charge in [-0.05, 0) is 30.7 Å². The molecule has 0 radical (unpaired) electrons. The first kappa shape index (κ1) is 13.9. The normalized spacial score (nSPS) is 11.2. The highest BCUT2D eigenvalue weighted by Crippen LogP contribution is 2.12. The number of rotatable bonds is 5. The van der Waals surface area contributed by atoms with Crippen LogP contribution in [0.15, 0.2) is 52.5 Å². The number of H-pyrrole nitrogens is 1. The predicted octanol–water partition coefficient (Wildman–Crippen LogP) is 2.32. The Balaban J connectivity index is 1.94. The maximum atomic E-state index is 11.0. The largest absolute Gasteiger partial charge is 0.497 e. The topological polar surface area (TPSA) is 63.7 Å². The number of pyridine rings is 1. The predicted molar refractivity (Wildman–Crippen MR) is 77.1 cm³/mol. The number of hydrogen-bond acceptors (Lipinski definition) is 4. The highest BCUT2D eigenvalue weighted by Gasteiger charge is 1.99. The van der Waals surface area contributed by atoms with Gasteiger partial charge in [-0.3, -0.25) is 4.79 Å². The number of aromatic nitrogens is 1. The molecule has 2 rings (SSSR count). The van der Waals surface area contributed by atoms with Gasteiger partial charge in [-0.1, -0.05) is 17.3 Å². The van der Waals surface area contributed by atoms with Crippen LogP contribution in [0.2, 0.25) is 0 Å². The summed E-state index contributed by atoms with van der Waals surface area (Å²) < 4.78 is 5.08. The second-order valence-electron chi connectivity index (χ2n) is 4.24. The van der Waals surface area contributed by atoms with Gasteiger partial charge in [0.15, 0.2) is 0 Å². The summed E-state index contributed by atoms with van der Waals surface area (Å²) in [4.78, 5) is 18.8. The molecular weight excluding hydrogens is 256 g/mol. The van der Waals surface area contributed by atoms with E-state index < -0.39 is 0 Å². The number of benzene rings is 1. The monoisotopic (exact) mass is 272 g/mol. The average molecular weight is 272 g/mol. The van der Waals surface area contributed by atoms with Gasteiger partial charge >= 0.3 is 0 Å². The zero-order valence-corrected chi connectivity index (χ0v) is 11.4. The minimum absolute atomic E-state index is 0.138. The van der Waals surface area contributed by atoms with E-state index in [2.05, 4.69) is 10.1 Å². The number of ether oxygens (including phenoxy) is 1. The maximum absolute atomic E-state index is 11.0. The number of aromatic amines is 1. The SMILES string of the molecule is COc1ccc(CON=C(C)c2ccc(=O)[nH]c2)cc1. The molecule has 0 spiro atoms.